The number of thiazole rings is 1. The van der Waals surface area contributed by atoms with Crippen molar-refractivity contribution >= 4 is 11.3 Å². The lowest BCUT2D eigenvalue weighted by Gasteiger charge is -2.29. The highest BCUT2D eigenvalue weighted by Crippen LogP contribution is 2.35. The van der Waals surface area contributed by atoms with Gasteiger partial charge in [0.2, 0.25) is 0 Å². The molecule has 0 bridgehead atoms. The number of ether oxygens (including phenoxy) is 1. The van der Waals surface area contributed by atoms with Gasteiger partial charge in [-0.05, 0) is 33.6 Å². The van der Waals surface area contributed by atoms with Crippen molar-refractivity contribution in [3.8, 4) is 0 Å². The summed E-state index contributed by atoms with van der Waals surface area (Å²) in [6.45, 7) is 10.3. The normalized spacial score (nSPS) is 24.8. The molecule has 0 spiro atoms. The predicted molar refractivity (Wildman–Crippen MR) is 71.6 cm³/mol. The Labute approximate surface area is 108 Å². The van der Waals surface area contributed by atoms with Crippen LogP contribution in [-0.4, -0.2) is 24.2 Å². The Balaban J connectivity index is 2.31. The first-order chi connectivity index (χ1) is 8.07. The zero-order valence-electron chi connectivity index (χ0n) is 11.2. The number of nitrogens with one attached hydrogen (secondary N) is 1. The van der Waals surface area contributed by atoms with E-state index in [9.17, 15) is 0 Å². The van der Waals surface area contributed by atoms with Crippen LogP contribution in [0.1, 0.15) is 42.8 Å². The maximum Gasteiger partial charge on any atom is 0.116 e. The van der Waals surface area contributed by atoms with Gasteiger partial charge in [-0.2, -0.15) is 0 Å². The number of hydrogen-bond donors (Lipinski definition) is 1. The van der Waals surface area contributed by atoms with Gasteiger partial charge in [0, 0.05) is 17.5 Å². The molecule has 0 aliphatic carbocycles. The lowest BCUT2D eigenvalue weighted by molar-refractivity contribution is 0.162. The molecular weight excluding hydrogens is 232 g/mol. The van der Waals surface area contributed by atoms with Crippen LogP contribution in [0.3, 0.4) is 0 Å². The first-order valence-electron chi connectivity index (χ1n) is 6.39. The molecule has 1 aliphatic heterocycles. The molecule has 2 rings (SSSR count). The smallest absolute Gasteiger partial charge is 0.116 e. The van der Waals surface area contributed by atoms with Gasteiger partial charge in [0.05, 0.1) is 17.8 Å². The molecular formula is C13H22N2OS. The van der Waals surface area contributed by atoms with Crippen LogP contribution in [0.2, 0.25) is 0 Å². The Kier molecular flexibility index (Phi) is 3.85. The highest BCUT2D eigenvalue weighted by molar-refractivity contribution is 7.11. The van der Waals surface area contributed by atoms with Crippen LogP contribution in [0.25, 0.3) is 0 Å². The molecule has 1 unspecified atom stereocenters. The van der Waals surface area contributed by atoms with E-state index in [0.717, 1.165) is 26.1 Å². The first kappa shape index (κ1) is 13.0. The van der Waals surface area contributed by atoms with Crippen molar-refractivity contribution in [3.05, 3.63) is 15.6 Å². The van der Waals surface area contributed by atoms with Crippen molar-refractivity contribution in [2.24, 2.45) is 0 Å². The fourth-order valence-corrected chi connectivity index (χ4v) is 3.59. The van der Waals surface area contributed by atoms with Crippen LogP contribution >= 0.6 is 11.3 Å². The minimum absolute atomic E-state index is 0.0446. The Hall–Kier alpha value is -0.450. The number of nitrogens with zero attached hydrogens (tertiary/aromatic N) is 1. The highest BCUT2D eigenvalue weighted by Gasteiger charge is 2.40. The summed E-state index contributed by atoms with van der Waals surface area (Å²) in [5, 5.41) is 4.87. The number of hydrogen-bond acceptors (Lipinski definition) is 4. The SMILES string of the molecule is CCc1nc(C2(NC(C)C)CCOC2)sc1C. The highest BCUT2D eigenvalue weighted by atomic mass is 32.1. The Morgan fingerprint density at radius 1 is 1.53 bits per heavy atom. The molecule has 3 nitrogen and oxygen atoms in total. The van der Waals surface area contributed by atoms with E-state index in [2.05, 4.69) is 33.0 Å². The molecule has 1 N–H and O–H groups in total. The van der Waals surface area contributed by atoms with E-state index < -0.39 is 0 Å². The van der Waals surface area contributed by atoms with Gasteiger partial charge in [-0.3, -0.25) is 0 Å². The average molecular weight is 254 g/mol. The molecule has 1 atom stereocenters. The van der Waals surface area contributed by atoms with E-state index in [1.54, 1.807) is 0 Å². The Morgan fingerprint density at radius 3 is 2.76 bits per heavy atom. The van der Waals surface area contributed by atoms with Gasteiger partial charge < -0.3 is 10.1 Å². The molecule has 1 aromatic heterocycles. The number of aromatic nitrogens is 1. The van der Waals surface area contributed by atoms with E-state index in [1.807, 2.05) is 11.3 Å². The van der Waals surface area contributed by atoms with E-state index in [-0.39, 0.29) is 5.54 Å². The van der Waals surface area contributed by atoms with Gasteiger partial charge in [0.1, 0.15) is 5.01 Å². The summed E-state index contributed by atoms with van der Waals surface area (Å²) < 4.78 is 5.60. The van der Waals surface area contributed by atoms with Crippen molar-refractivity contribution in [1.82, 2.24) is 10.3 Å². The van der Waals surface area contributed by atoms with Gasteiger partial charge in [0.25, 0.3) is 0 Å². The maximum atomic E-state index is 5.60. The fraction of sp³-hybridized carbons (Fsp3) is 0.769. The third-order valence-corrected chi connectivity index (χ3v) is 4.44. The standard InChI is InChI=1S/C13H22N2OS/c1-5-11-10(4)17-12(14-11)13(15-9(2)3)6-7-16-8-13/h9,15H,5-8H2,1-4H3. The molecule has 4 heteroatoms. The van der Waals surface area contributed by atoms with Crippen LogP contribution in [0.15, 0.2) is 0 Å². The molecule has 17 heavy (non-hydrogen) atoms. The topological polar surface area (TPSA) is 34.2 Å². The molecule has 96 valence electrons. The van der Waals surface area contributed by atoms with Crippen LogP contribution in [0.4, 0.5) is 0 Å². The van der Waals surface area contributed by atoms with Crippen LogP contribution in [0.5, 0.6) is 0 Å². The second-order valence-corrected chi connectivity index (χ2v) is 6.26. The van der Waals surface area contributed by atoms with E-state index >= 15 is 0 Å². The third-order valence-electron chi connectivity index (χ3n) is 3.22. The maximum absolute atomic E-state index is 5.60. The van der Waals surface area contributed by atoms with Crippen LogP contribution in [-0.2, 0) is 16.7 Å². The summed E-state index contributed by atoms with van der Waals surface area (Å²) in [6.07, 6.45) is 2.04. The molecule has 1 aromatic rings. The zero-order valence-corrected chi connectivity index (χ0v) is 12.0. The summed E-state index contributed by atoms with van der Waals surface area (Å²) in [7, 11) is 0. The second kappa shape index (κ2) is 5.04. The summed E-state index contributed by atoms with van der Waals surface area (Å²) in [4.78, 5) is 6.16. The molecule has 0 aromatic carbocycles. The van der Waals surface area contributed by atoms with Gasteiger partial charge in [-0.15, -0.1) is 11.3 Å². The summed E-state index contributed by atoms with van der Waals surface area (Å²) in [5.74, 6) is 0. The lowest BCUT2D eigenvalue weighted by Crippen LogP contribution is -2.46. The Bertz CT molecular complexity index is 381. The summed E-state index contributed by atoms with van der Waals surface area (Å²) in [6, 6.07) is 0.450. The van der Waals surface area contributed by atoms with Gasteiger partial charge in [-0.1, -0.05) is 6.92 Å². The molecule has 0 amide bonds. The van der Waals surface area contributed by atoms with Crippen molar-refractivity contribution in [1.29, 1.82) is 0 Å². The van der Waals surface area contributed by atoms with E-state index in [4.69, 9.17) is 9.72 Å². The Morgan fingerprint density at radius 2 is 2.29 bits per heavy atom. The monoisotopic (exact) mass is 254 g/mol. The molecule has 1 fully saturated rings. The fourth-order valence-electron chi connectivity index (χ4n) is 2.42. The molecule has 2 heterocycles. The minimum atomic E-state index is -0.0446. The van der Waals surface area contributed by atoms with Crippen molar-refractivity contribution in [2.45, 2.75) is 52.1 Å². The van der Waals surface area contributed by atoms with Crippen molar-refractivity contribution in [2.75, 3.05) is 13.2 Å². The quantitative estimate of drug-likeness (QED) is 0.897. The minimum Gasteiger partial charge on any atom is -0.379 e. The van der Waals surface area contributed by atoms with Crippen molar-refractivity contribution in [3.63, 3.8) is 0 Å². The molecule has 1 saturated heterocycles. The zero-order chi connectivity index (χ0) is 12.5. The van der Waals surface area contributed by atoms with E-state index in [1.165, 1.54) is 15.6 Å². The van der Waals surface area contributed by atoms with Gasteiger partial charge in [-0.25, -0.2) is 4.98 Å². The van der Waals surface area contributed by atoms with Crippen molar-refractivity contribution < 1.29 is 4.74 Å². The molecule has 1 aliphatic rings. The number of rotatable bonds is 4. The second-order valence-electron chi connectivity index (χ2n) is 5.06. The summed E-state index contributed by atoms with van der Waals surface area (Å²) in [5.41, 5.74) is 1.19. The molecule has 0 radical (unpaired) electrons. The third kappa shape index (κ3) is 2.54. The largest absolute Gasteiger partial charge is 0.379 e. The van der Waals surface area contributed by atoms with Gasteiger partial charge in [0.15, 0.2) is 0 Å². The summed E-state index contributed by atoms with van der Waals surface area (Å²) >= 11 is 1.82. The average Bonchev–Trinajstić information content (AvgIpc) is 2.85. The first-order valence-corrected chi connectivity index (χ1v) is 7.21. The lowest BCUT2D eigenvalue weighted by atomic mass is 9.98. The van der Waals surface area contributed by atoms with Crippen LogP contribution < -0.4 is 5.32 Å². The molecule has 0 saturated carbocycles. The van der Waals surface area contributed by atoms with Gasteiger partial charge >= 0.3 is 0 Å². The van der Waals surface area contributed by atoms with Crippen LogP contribution in [0, 0.1) is 6.92 Å². The predicted octanol–water partition coefficient (Wildman–Crippen LogP) is 2.63. The van der Waals surface area contributed by atoms with E-state index in [0.29, 0.717) is 6.04 Å². The number of aryl methyl sites for hydroxylation is 2.